The molecule has 1 saturated heterocycles. The lowest BCUT2D eigenvalue weighted by molar-refractivity contribution is 0.0974. The molecule has 136 valence electrons. The number of halogens is 3. The van der Waals surface area contributed by atoms with Crippen LogP contribution in [0.2, 0.25) is 0 Å². The third-order valence-corrected chi connectivity index (χ3v) is 5.65. The smallest absolute Gasteiger partial charge is 0.261 e. The first-order valence-electron chi connectivity index (χ1n) is 8.66. The number of carbonyl (C=O) groups is 1. The summed E-state index contributed by atoms with van der Waals surface area (Å²) in [7, 11) is 2.03. The fourth-order valence-corrected chi connectivity index (χ4v) is 4.11. The van der Waals surface area contributed by atoms with Crippen LogP contribution in [0, 0.1) is 17.5 Å². The van der Waals surface area contributed by atoms with Gasteiger partial charge in [0, 0.05) is 17.6 Å². The molecule has 1 fully saturated rings. The van der Waals surface area contributed by atoms with Crippen LogP contribution < -0.4 is 4.90 Å². The van der Waals surface area contributed by atoms with Gasteiger partial charge in [0.25, 0.3) is 5.91 Å². The van der Waals surface area contributed by atoms with Crippen LogP contribution >= 0.6 is 0 Å². The van der Waals surface area contributed by atoms with Crippen molar-refractivity contribution in [2.24, 2.45) is 0 Å². The number of hydrogen-bond donors (Lipinski definition) is 0. The molecule has 0 N–H and O–H groups in total. The number of amides is 1. The molecule has 3 nitrogen and oxygen atoms in total. The Balaban J connectivity index is 1.77. The number of rotatable bonds is 1. The van der Waals surface area contributed by atoms with Gasteiger partial charge in [-0.15, -0.1) is 0 Å². The Kier molecular flexibility index (Phi) is 4.03. The highest BCUT2D eigenvalue weighted by atomic mass is 19.2. The van der Waals surface area contributed by atoms with Crippen molar-refractivity contribution >= 4 is 11.6 Å². The molecule has 1 amide bonds. The van der Waals surface area contributed by atoms with Crippen LogP contribution in [0.5, 0.6) is 0 Å². The molecule has 2 aliphatic heterocycles. The number of piperidine rings is 1. The van der Waals surface area contributed by atoms with E-state index in [1.807, 2.05) is 7.05 Å². The maximum atomic E-state index is 14.1. The summed E-state index contributed by atoms with van der Waals surface area (Å²) in [4.78, 5) is 16.6. The predicted molar refractivity (Wildman–Crippen MR) is 92.8 cm³/mol. The first-order valence-corrected chi connectivity index (χ1v) is 8.66. The monoisotopic (exact) mass is 360 g/mol. The van der Waals surface area contributed by atoms with E-state index in [0.29, 0.717) is 12.2 Å². The van der Waals surface area contributed by atoms with Gasteiger partial charge in [-0.05, 0) is 68.9 Å². The third kappa shape index (κ3) is 2.60. The summed E-state index contributed by atoms with van der Waals surface area (Å²) in [5, 5.41) is 0. The van der Waals surface area contributed by atoms with Crippen molar-refractivity contribution in [3.63, 3.8) is 0 Å². The molecule has 2 aromatic carbocycles. The molecule has 0 saturated carbocycles. The van der Waals surface area contributed by atoms with E-state index in [9.17, 15) is 18.0 Å². The van der Waals surface area contributed by atoms with Crippen molar-refractivity contribution in [1.29, 1.82) is 0 Å². The van der Waals surface area contributed by atoms with Crippen molar-refractivity contribution in [3.05, 3.63) is 65.0 Å². The molecular formula is C20H19F3N2O. The summed E-state index contributed by atoms with van der Waals surface area (Å²) < 4.78 is 41.6. The van der Waals surface area contributed by atoms with Gasteiger partial charge < -0.3 is 9.80 Å². The number of benzene rings is 2. The highest BCUT2D eigenvalue weighted by Gasteiger charge is 2.46. The number of fused-ring (bicyclic) bond motifs is 2. The molecule has 2 aromatic rings. The largest absolute Gasteiger partial charge is 0.307 e. The van der Waals surface area contributed by atoms with Gasteiger partial charge in [0.05, 0.1) is 5.56 Å². The van der Waals surface area contributed by atoms with Gasteiger partial charge in [0.1, 0.15) is 5.82 Å². The second kappa shape index (κ2) is 6.13. The summed E-state index contributed by atoms with van der Waals surface area (Å²) in [6.45, 7) is 2.03. The standard InChI is InChI=1S/C20H19F3N2O/c1-24-9-7-20(8-10-24)12-25(17-6-5-13(21)11-15(17)20)19(26)14-3-2-4-16(22)18(14)23/h2-6,11H,7-10,12H2,1H3. The van der Waals surface area contributed by atoms with Crippen LogP contribution in [0.25, 0.3) is 0 Å². The van der Waals surface area contributed by atoms with E-state index >= 15 is 0 Å². The molecule has 0 radical (unpaired) electrons. The van der Waals surface area contributed by atoms with Crippen molar-refractivity contribution in [1.82, 2.24) is 4.90 Å². The first kappa shape index (κ1) is 17.1. The number of likely N-dealkylation sites (tertiary alicyclic amines) is 1. The minimum absolute atomic E-state index is 0.301. The van der Waals surface area contributed by atoms with Crippen LogP contribution in [-0.4, -0.2) is 37.5 Å². The van der Waals surface area contributed by atoms with Crippen molar-refractivity contribution in [2.45, 2.75) is 18.3 Å². The molecule has 0 atom stereocenters. The SMILES string of the molecule is CN1CCC2(CC1)CN(C(=O)c1cccc(F)c1F)c1ccc(F)cc12. The van der Waals surface area contributed by atoms with Gasteiger partial charge in [0.15, 0.2) is 11.6 Å². The zero-order valence-electron chi connectivity index (χ0n) is 14.4. The lowest BCUT2D eigenvalue weighted by Gasteiger charge is -2.38. The fourth-order valence-electron chi connectivity index (χ4n) is 4.11. The second-order valence-electron chi connectivity index (χ2n) is 7.24. The van der Waals surface area contributed by atoms with Gasteiger partial charge in [-0.25, -0.2) is 13.2 Å². The molecule has 26 heavy (non-hydrogen) atoms. The average Bonchev–Trinajstić information content (AvgIpc) is 2.93. The zero-order chi connectivity index (χ0) is 18.5. The molecule has 0 bridgehead atoms. The Bertz CT molecular complexity index is 875. The van der Waals surface area contributed by atoms with Crippen LogP contribution in [0.15, 0.2) is 36.4 Å². The van der Waals surface area contributed by atoms with Gasteiger partial charge in [-0.2, -0.15) is 0 Å². The number of carbonyl (C=O) groups excluding carboxylic acids is 1. The van der Waals surface area contributed by atoms with E-state index in [0.717, 1.165) is 37.6 Å². The predicted octanol–water partition coefficient (Wildman–Crippen LogP) is 3.73. The summed E-state index contributed by atoms with van der Waals surface area (Å²) in [5.41, 5.74) is 0.731. The van der Waals surface area contributed by atoms with E-state index in [2.05, 4.69) is 4.90 Å². The molecule has 1 spiro atoms. The Labute approximate surface area is 150 Å². The lowest BCUT2D eigenvalue weighted by atomic mass is 9.74. The fraction of sp³-hybridized carbons (Fsp3) is 0.350. The second-order valence-corrected chi connectivity index (χ2v) is 7.24. The lowest BCUT2D eigenvalue weighted by Crippen LogP contribution is -2.45. The molecule has 4 rings (SSSR count). The molecule has 6 heteroatoms. The summed E-state index contributed by atoms with van der Waals surface area (Å²) in [6.07, 6.45) is 1.57. The maximum Gasteiger partial charge on any atom is 0.261 e. The average molecular weight is 360 g/mol. The third-order valence-electron chi connectivity index (χ3n) is 5.65. The molecule has 0 unspecified atom stereocenters. The van der Waals surface area contributed by atoms with Crippen LogP contribution in [-0.2, 0) is 5.41 Å². The quantitative estimate of drug-likeness (QED) is 0.774. The van der Waals surface area contributed by atoms with Crippen LogP contribution in [0.1, 0.15) is 28.8 Å². The molecule has 0 aliphatic carbocycles. The molecular weight excluding hydrogens is 341 g/mol. The Morgan fingerprint density at radius 3 is 2.54 bits per heavy atom. The van der Waals surface area contributed by atoms with Crippen LogP contribution in [0.3, 0.4) is 0 Å². The number of anilines is 1. The maximum absolute atomic E-state index is 14.1. The van der Waals surface area contributed by atoms with Gasteiger partial charge >= 0.3 is 0 Å². The summed E-state index contributed by atoms with van der Waals surface area (Å²) in [6, 6.07) is 7.93. The highest BCUT2D eigenvalue weighted by molar-refractivity contribution is 6.08. The van der Waals surface area contributed by atoms with Gasteiger partial charge in [-0.3, -0.25) is 4.79 Å². The van der Waals surface area contributed by atoms with E-state index in [1.54, 1.807) is 6.07 Å². The number of hydrogen-bond acceptors (Lipinski definition) is 2. The highest BCUT2D eigenvalue weighted by Crippen LogP contribution is 2.47. The molecule has 2 aliphatic rings. The topological polar surface area (TPSA) is 23.6 Å². The molecule has 2 heterocycles. The minimum atomic E-state index is -1.15. The van der Waals surface area contributed by atoms with Crippen LogP contribution in [0.4, 0.5) is 18.9 Å². The number of nitrogens with zero attached hydrogens (tertiary/aromatic N) is 2. The van der Waals surface area contributed by atoms with Crippen molar-refractivity contribution in [2.75, 3.05) is 31.6 Å². The van der Waals surface area contributed by atoms with Gasteiger partial charge in [0.2, 0.25) is 0 Å². The van der Waals surface area contributed by atoms with E-state index in [-0.39, 0.29) is 16.8 Å². The Hall–Kier alpha value is -2.34. The Morgan fingerprint density at radius 1 is 1.08 bits per heavy atom. The minimum Gasteiger partial charge on any atom is -0.307 e. The van der Waals surface area contributed by atoms with Crippen molar-refractivity contribution in [3.8, 4) is 0 Å². The molecule has 0 aromatic heterocycles. The van der Waals surface area contributed by atoms with Crippen molar-refractivity contribution < 1.29 is 18.0 Å². The summed E-state index contributed by atoms with van der Waals surface area (Å²) >= 11 is 0. The van der Waals surface area contributed by atoms with E-state index in [1.165, 1.54) is 29.2 Å². The van der Waals surface area contributed by atoms with E-state index in [4.69, 9.17) is 0 Å². The van der Waals surface area contributed by atoms with E-state index < -0.39 is 17.5 Å². The Morgan fingerprint density at radius 2 is 1.81 bits per heavy atom. The van der Waals surface area contributed by atoms with Gasteiger partial charge in [-0.1, -0.05) is 6.07 Å². The first-order chi connectivity index (χ1) is 12.4. The normalized spacial score (nSPS) is 19.0. The summed E-state index contributed by atoms with van der Waals surface area (Å²) in [5.74, 6) is -3.15. The zero-order valence-corrected chi connectivity index (χ0v) is 14.4.